The van der Waals surface area contributed by atoms with Crippen molar-refractivity contribution in [3.8, 4) is 17.1 Å². The molecule has 5 aromatic heterocycles. The van der Waals surface area contributed by atoms with Gasteiger partial charge in [-0.25, -0.2) is 34.4 Å². The van der Waals surface area contributed by atoms with Gasteiger partial charge in [0.2, 0.25) is 5.88 Å². The molecule has 70 heavy (non-hydrogen) atoms. The van der Waals surface area contributed by atoms with E-state index in [4.69, 9.17) is 15.5 Å². The zero-order chi connectivity index (χ0) is 50.5. The zero-order valence-corrected chi connectivity index (χ0v) is 42.8. The lowest BCUT2D eigenvalue weighted by atomic mass is 9.91. The van der Waals surface area contributed by atoms with Gasteiger partial charge in [0.05, 0.1) is 22.9 Å². The van der Waals surface area contributed by atoms with Crippen molar-refractivity contribution in [2.45, 2.75) is 128 Å². The first-order chi connectivity index (χ1) is 33.1. The van der Waals surface area contributed by atoms with Gasteiger partial charge < -0.3 is 25.2 Å². The molecule has 0 aliphatic carbocycles. The number of pyridine rings is 5. The van der Waals surface area contributed by atoms with Crippen molar-refractivity contribution in [3.63, 3.8) is 0 Å². The van der Waals surface area contributed by atoms with Gasteiger partial charge >= 0.3 is 0 Å². The number of carbonyl (C=O) groups excluding carboxylic acids is 2. The summed E-state index contributed by atoms with van der Waals surface area (Å²) >= 11 is 0. The Morgan fingerprint density at radius 1 is 0.743 bits per heavy atom. The molecule has 3 aliphatic heterocycles. The number of amides is 2. The van der Waals surface area contributed by atoms with E-state index in [0.717, 1.165) is 57.2 Å². The summed E-state index contributed by atoms with van der Waals surface area (Å²) in [5.74, 6) is 1.43. The summed E-state index contributed by atoms with van der Waals surface area (Å²) in [5.41, 5.74) is 7.21. The summed E-state index contributed by atoms with van der Waals surface area (Å²) < 4.78 is 61.9. The Bertz CT molecular complexity index is 2900. The lowest BCUT2D eigenvalue weighted by molar-refractivity contribution is 0.0972. The van der Waals surface area contributed by atoms with Crippen molar-refractivity contribution in [1.29, 1.82) is 0 Å². The van der Waals surface area contributed by atoms with Gasteiger partial charge in [0.15, 0.2) is 10.1 Å². The number of nitrogens with two attached hydrogens (primary N) is 1. The minimum atomic E-state index is -4.24. The van der Waals surface area contributed by atoms with Crippen LogP contribution in [0.1, 0.15) is 115 Å². The van der Waals surface area contributed by atoms with Crippen LogP contribution in [-0.2, 0) is 20.0 Å². The molecular weight excluding hydrogens is 931 g/mol. The van der Waals surface area contributed by atoms with Gasteiger partial charge in [-0.3, -0.25) is 9.59 Å². The maximum absolute atomic E-state index is 13.3. The topological polar surface area (TPSA) is 236 Å². The number of nitrogens with one attached hydrogen (secondary N) is 2. The molecule has 0 aromatic carbocycles. The lowest BCUT2D eigenvalue weighted by Crippen LogP contribution is -2.44. The first-order valence-corrected chi connectivity index (χ1v) is 26.8. The highest BCUT2D eigenvalue weighted by molar-refractivity contribution is 7.90. The van der Waals surface area contributed by atoms with E-state index in [0.29, 0.717) is 53.4 Å². The molecule has 4 N–H and O–H groups in total. The fourth-order valence-corrected chi connectivity index (χ4v) is 11.3. The van der Waals surface area contributed by atoms with E-state index in [1.807, 2.05) is 26.0 Å². The standard InChI is InChI=1S/C26H32N6O4S.C24H33N5O3S/c1-16(2)36-23-13-10-19(15-28-23)21-12-11-20(25(29-21)32-14-6-7-17(3)18(32)4)26(33)31-37(34,35)24-9-5-8-22(27)30-24;1-17-15-24(3,4)29(16-17)22-19(10-8-13-25-22)23(30)27-33(31,32)21-12-7-11-20(26-21)28-14-6-5-9-18(28)2/h5,8-13,15-18H,6-7,14H2,1-4H3,(H2,27,30)(H,31,33);7-8,10-13,17-18H,5-6,9,14-16H2,1-4H3,(H,27,30). The molecule has 0 spiro atoms. The van der Waals surface area contributed by atoms with E-state index in [9.17, 15) is 26.4 Å². The second-order valence-electron chi connectivity index (χ2n) is 19.4. The summed E-state index contributed by atoms with van der Waals surface area (Å²) in [5, 5.41) is -0.492. The normalized spacial score (nSPS) is 20.3. The van der Waals surface area contributed by atoms with E-state index >= 15 is 0 Å². The predicted molar refractivity (Wildman–Crippen MR) is 271 cm³/mol. The second kappa shape index (κ2) is 21.3. The van der Waals surface area contributed by atoms with Crippen LogP contribution in [0.15, 0.2) is 95.2 Å². The molecular formula is C50H65N11O7S2. The van der Waals surface area contributed by atoms with Gasteiger partial charge in [-0.1, -0.05) is 26.0 Å². The number of nitrogen functional groups attached to an aromatic ring is 1. The summed E-state index contributed by atoms with van der Waals surface area (Å²) in [4.78, 5) is 54.6. The van der Waals surface area contributed by atoms with Crippen LogP contribution in [0.5, 0.6) is 5.88 Å². The quantitative estimate of drug-likeness (QED) is 0.112. The maximum atomic E-state index is 13.3. The van der Waals surface area contributed by atoms with Crippen molar-refractivity contribution in [2.75, 3.05) is 40.1 Å². The number of carbonyl (C=O) groups is 2. The Morgan fingerprint density at radius 2 is 1.41 bits per heavy atom. The number of rotatable bonds is 12. The minimum absolute atomic E-state index is 0.00209. The number of hydrogen-bond donors (Lipinski definition) is 3. The number of aromatic nitrogens is 5. The summed E-state index contributed by atoms with van der Waals surface area (Å²) in [6.45, 7) is 18.9. The molecule has 374 valence electrons. The largest absolute Gasteiger partial charge is 0.475 e. The van der Waals surface area contributed by atoms with Gasteiger partial charge in [0, 0.05) is 61.3 Å². The van der Waals surface area contributed by atoms with Crippen molar-refractivity contribution in [3.05, 3.63) is 96.3 Å². The molecule has 8 rings (SSSR count). The monoisotopic (exact) mass is 995 g/mol. The number of hydrogen-bond acceptors (Lipinski definition) is 16. The molecule has 18 nitrogen and oxygen atoms in total. The van der Waals surface area contributed by atoms with Crippen molar-refractivity contribution in [2.24, 2.45) is 11.8 Å². The fraction of sp³-hybridized carbons (Fsp3) is 0.460. The number of sulfonamides is 2. The van der Waals surface area contributed by atoms with Crippen LogP contribution in [0.4, 0.5) is 23.3 Å². The van der Waals surface area contributed by atoms with Crippen LogP contribution in [0.25, 0.3) is 11.3 Å². The second-order valence-corrected chi connectivity index (χ2v) is 22.7. The molecule has 0 bridgehead atoms. The molecule has 0 saturated carbocycles. The highest BCUT2D eigenvalue weighted by Gasteiger charge is 2.39. The SMILES string of the molecule is CC(C)Oc1ccc(-c2ccc(C(=O)NS(=O)(=O)c3cccc(N)n3)c(N3CCCC(C)C3C)n2)cn1.CC1CN(c2ncccc2C(=O)NS(=O)(=O)c2cccc(N3CCCCC3C)n2)C(C)(C)C1. The van der Waals surface area contributed by atoms with Crippen molar-refractivity contribution >= 4 is 55.1 Å². The zero-order valence-electron chi connectivity index (χ0n) is 41.2. The average molecular weight is 996 g/mol. The molecule has 3 saturated heterocycles. The number of ether oxygens (including phenoxy) is 1. The summed E-state index contributed by atoms with van der Waals surface area (Å²) in [6, 6.07) is 19.7. The van der Waals surface area contributed by atoms with Gasteiger partial charge in [0.25, 0.3) is 31.9 Å². The Kier molecular flexibility index (Phi) is 15.6. The third-order valence-electron chi connectivity index (χ3n) is 13.1. The van der Waals surface area contributed by atoms with Crippen LogP contribution in [0.2, 0.25) is 0 Å². The van der Waals surface area contributed by atoms with E-state index in [1.54, 1.807) is 48.8 Å². The van der Waals surface area contributed by atoms with E-state index in [2.05, 4.69) is 85.6 Å². The third-order valence-corrected chi connectivity index (χ3v) is 15.5. The Labute approximate surface area is 412 Å². The predicted octanol–water partition coefficient (Wildman–Crippen LogP) is 7.25. The van der Waals surface area contributed by atoms with Gasteiger partial charge in [-0.15, -0.1) is 0 Å². The van der Waals surface area contributed by atoms with Crippen LogP contribution in [0, 0.1) is 11.8 Å². The van der Waals surface area contributed by atoms with Crippen LogP contribution in [-0.4, -0.2) is 96.9 Å². The van der Waals surface area contributed by atoms with E-state index in [-0.39, 0.29) is 44.7 Å². The molecule has 4 atom stereocenters. The Balaban J connectivity index is 0.000000208. The highest BCUT2D eigenvalue weighted by Crippen LogP contribution is 2.37. The molecule has 2 amide bonds. The highest BCUT2D eigenvalue weighted by atomic mass is 32.2. The Hall–Kier alpha value is -6.41. The summed E-state index contributed by atoms with van der Waals surface area (Å²) in [7, 11) is -8.39. The molecule has 5 aromatic rings. The van der Waals surface area contributed by atoms with E-state index < -0.39 is 31.9 Å². The van der Waals surface area contributed by atoms with Crippen LogP contribution >= 0.6 is 0 Å². The number of anilines is 4. The molecule has 0 radical (unpaired) electrons. The number of nitrogens with zero attached hydrogens (tertiary/aromatic N) is 8. The lowest BCUT2D eigenvalue weighted by Gasteiger charge is -2.39. The molecule has 4 unspecified atom stereocenters. The fourth-order valence-electron chi connectivity index (χ4n) is 9.42. The van der Waals surface area contributed by atoms with Crippen LogP contribution in [0.3, 0.4) is 0 Å². The Morgan fingerprint density at radius 3 is 2.04 bits per heavy atom. The third kappa shape index (κ3) is 11.9. The molecule has 3 aliphatic rings. The number of piperidine rings is 2. The van der Waals surface area contributed by atoms with Gasteiger partial charge in [0.1, 0.15) is 23.3 Å². The minimum Gasteiger partial charge on any atom is -0.475 e. The first kappa shape index (κ1) is 51.4. The van der Waals surface area contributed by atoms with Crippen LogP contribution < -0.4 is 34.6 Å². The van der Waals surface area contributed by atoms with Crippen molar-refractivity contribution < 1.29 is 31.2 Å². The maximum Gasteiger partial charge on any atom is 0.281 e. The van der Waals surface area contributed by atoms with Gasteiger partial charge in [-0.05, 0) is 147 Å². The smallest absolute Gasteiger partial charge is 0.281 e. The van der Waals surface area contributed by atoms with Gasteiger partial charge in [-0.2, -0.15) is 16.8 Å². The molecule has 8 heterocycles. The average Bonchev–Trinajstić information content (AvgIpc) is 3.60. The molecule has 20 heteroatoms. The molecule has 3 fully saturated rings. The summed E-state index contributed by atoms with van der Waals surface area (Å²) in [6.07, 6.45) is 9.52. The first-order valence-electron chi connectivity index (χ1n) is 23.9. The van der Waals surface area contributed by atoms with E-state index in [1.165, 1.54) is 24.3 Å². The van der Waals surface area contributed by atoms with Crippen molar-refractivity contribution in [1.82, 2.24) is 34.4 Å².